The van der Waals surface area contributed by atoms with Gasteiger partial charge in [0.05, 0.1) is 4.90 Å². The van der Waals surface area contributed by atoms with E-state index < -0.39 is 21.4 Å². The monoisotopic (exact) mass is 366 g/mol. The fourth-order valence-electron chi connectivity index (χ4n) is 1.93. The summed E-state index contributed by atoms with van der Waals surface area (Å²) in [4.78, 5) is 12.4. The molecule has 0 aliphatic heterocycles. The minimum Gasteiger partial charge on any atom is -0.293 e. The highest BCUT2D eigenvalue weighted by Gasteiger charge is 2.21. The molecule has 3 nitrogen and oxygen atoms in total. The van der Waals surface area contributed by atoms with E-state index in [9.17, 15) is 13.2 Å². The highest BCUT2D eigenvalue weighted by atomic mass is 79.9. The van der Waals surface area contributed by atoms with E-state index in [0.29, 0.717) is 10.0 Å². The second-order valence-electron chi connectivity index (χ2n) is 4.91. The van der Waals surface area contributed by atoms with Crippen LogP contribution >= 0.6 is 15.9 Å². The summed E-state index contributed by atoms with van der Waals surface area (Å²) in [6, 6.07) is 11.7. The lowest BCUT2D eigenvalue weighted by atomic mass is 10.1. The SMILES string of the molecule is Cc1ccc(S(=O)(=O)CC(=O)c2ccccc2Br)cc1C. The van der Waals surface area contributed by atoms with Crippen molar-refractivity contribution in [2.45, 2.75) is 18.7 Å². The second kappa shape index (κ2) is 6.12. The number of carbonyl (C=O) groups is 1. The van der Waals surface area contributed by atoms with E-state index in [1.54, 1.807) is 42.5 Å². The van der Waals surface area contributed by atoms with Crippen molar-refractivity contribution in [1.82, 2.24) is 0 Å². The summed E-state index contributed by atoms with van der Waals surface area (Å²) in [6.45, 7) is 3.77. The zero-order chi connectivity index (χ0) is 15.6. The van der Waals surface area contributed by atoms with Crippen LogP contribution in [-0.2, 0) is 9.84 Å². The Balaban J connectivity index is 2.31. The van der Waals surface area contributed by atoms with Gasteiger partial charge < -0.3 is 0 Å². The minimum atomic E-state index is -3.63. The van der Waals surface area contributed by atoms with Gasteiger partial charge in [0.25, 0.3) is 0 Å². The average molecular weight is 367 g/mol. The molecule has 5 heteroatoms. The summed E-state index contributed by atoms with van der Waals surface area (Å²) in [7, 11) is -3.63. The zero-order valence-electron chi connectivity index (χ0n) is 11.8. The molecule has 0 aromatic heterocycles. The Kier molecular flexibility index (Phi) is 4.64. The Morgan fingerprint density at radius 1 is 1.05 bits per heavy atom. The normalized spacial score (nSPS) is 11.4. The lowest BCUT2D eigenvalue weighted by Crippen LogP contribution is -2.17. The summed E-state index contributed by atoms with van der Waals surface area (Å²) in [5.74, 6) is -0.946. The largest absolute Gasteiger partial charge is 0.293 e. The fourth-order valence-corrected chi connectivity index (χ4v) is 3.73. The Hall–Kier alpha value is -1.46. The fraction of sp³-hybridized carbons (Fsp3) is 0.188. The Morgan fingerprint density at radius 2 is 1.71 bits per heavy atom. The highest BCUT2D eigenvalue weighted by Crippen LogP contribution is 2.20. The van der Waals surface area contributed by atoms with Crippen LogP contribution < -0.4 is 0 Å². The highest BCUT2D eigenvalue weighted by molar-refractivity contribution is 9.10. The number of hydrogen-bond donors (Lipinski definition) is 0. The molecule has 0 aliphatic carbocycles. The number of aryl methyl sites for hydroxylation is 2. The van der Waals surface area contributed by atoms with E-state index in [2.05, 4.69) is 15.9 Å². The van der Waals surface area contributed by atoms with E-state index >= 15 is 0 Å². The van der Waals surface area contributed by atoms with Gasteiger partial charge >= 0.3 is 0 Å². The Labute approximate surface area is 133 Å². The van der Waals surface area contributed by atoms with Crippen molar-refractivity contribution >= 4 is 31.6 Å². The third-order valence-electron chi connectivity index (χ3n) is 3.33. The van der Waals surface area contributed by atoms with Gasteiger partial charge in [0.2, 0.25) is 0 Å². The molecule has 0 amide bonds. The first-order chi connectivity index (χ1) is 9.81. The standard InChI is InChI=1S/C16H15BrO3S/c1-11-7-8-13(9-12(11)2)21(19,20)10-16(18)14-5-3-4-6-15(14)17/h3-9H,10H2,1-2H3. The molecular formula is C16H15BrO3S. The van der Waals surface area contributed by atoms with Crippen molar-refractivity contribution in [3.8, 4) is 0 Å². The van der Waals surface area contributed by atoms with Gasteiger partial charge in [-0.15, -0.1) is 0 Å². The van der Waals surface area contributed by atoms with Crippen LogP contribution in [0.15, 0.2) is 51.8 Å². The van der Waals surface area contributed by atoms with Gasteiger partial charge in [-0.05, 0) is 43.2 Å². The number of sulfone groups is 1. The van der Waals surface area contributed by atoms with Crippen molar-refractivity contribution in [3.63, 3.8) is 0 Å². The van der Waals surface area contributed by atoms with Gasteiger partial charge in [0, 0.05) is 10.0 Å². The molecule has 0 saturated carbocycles. The molecule has 2 aromatic carbocycles. The summed E-state index contributed by atoms with van der Waals surface area (Å²) >= 11 is 3.27. The average Bonchev–Trinajstić information content (AvgIpc) is 2.41. The molecule has 21 heavy (non-hydrogen) atoms. The van der Waals surface area contributed by atoms with Gasteiger partial charge in [-0.2, -0.15) is 0 Å². The molecule has 0 fully saturated rings. The number of rotatable bonds is 4. The number of carbonyl (C=O) groups excluding carboxylic acids is 1. The van der Waals surface area contributed by atoms with E-state index in [4.69, 9.17) is 0 Å². The molecule has 0 unspecified atom stereocenters. The predicted molar refractivity (Wildman–Crippen MR) is 86.4 cm³/mol. The Bertz CT molecular complexity index is 795. The van der Waals surface area contributed by atoms with E-state index in [1.807, 2.05) is 13.8 Å². The lowest BCUT2D eigenvalue weighted by Gasteiger charge is -2.07. The van der Waals surface area contributed by atoms with Gasteiger partial charge in [0.1, 0.15) is 5.75 Å². The van der Waals surface area contributed by atoms with E-state index in [0.717, 1.165) is 11.1 Å². The smallest absolute Gasteiger partial charge is 0.185 e. The van der Waals surface area contributed by atoms with E-state index in [-0.39, 0.29) is 4.90 Å². The predicted octanol–water partition coefficient (Wildman–Crippen LogP) is 3.72. The molecule has 2 aromatic rings. The summed E-state index contributed by atoms with van der Waals surface area (Å²) in [6.07, 6.45) is 0. The van der Waals surface area contributed by atoms with Gasteiger partial charge in [-0.1, -0.05) is 40.2 Å². The van der Waals surface area contributed by atoms with Crippen LogP contribution in [0.4, 0.5) is 0 Å². The summed E-state index contributed by atoms with van der Waals surface area (Å²) in [5.41, 5.74) is 2.29. The molecule has 0 saturated heterocycles. The van der Waals surface area contributed by atoms with Crippen LogP contribution in [0, 0.1) is 13.8 Å². The molecule has 110 valence electrons. The molecule has 0 bridgehead atoms. The molecule has 2 rings (SSSR count). The zero-order valence-corrected chi connectivity index (χ0v) is 14.2. The van der Waals surface area contributed by atoms with Crippen LogP contribution in [-0.4, -0.2) is 20.0 Å². The van der Waals surface area contributed by atoms with Crippen molar-refractivity contribution in [1.29, 1.82) is 0 Å². The third-order valence-corrected chi connectivity index (χ3v) is 5.64. The van der Waals surface area contributed by atoms with Gasteiger partial charge in [-0.25, -0.2) is 8.42 Å². The first-order valence-corrected chi connectivity index (χ1v) is 8.83. The molecule has 0 radical (unpaired) electrons. The maximum Gasteiger partial charge on any atom is 0.185 e. The van der Waals surface area contributed by atoms with Crippen LogP contribution in [0.25, 0.3) is 0 Å². The number of ketones is 1. The number of halogens is 1. The van der Waals surface area contributed by atoms with Crippen LogP contribution in [0.5, 0.6) is 0 Å². The number of Topliss-reactive ketones (excluding diaryl/α,β-unsaturated/α-hetero) is 1. The molecule has 0 heterocycles. The topological polar surface area (TPSA) is 51.2 Å². The van der Waals surface area contributed by atoms with Gasteiger partial charge in [0.15, 0.2) is 15.6 Å². The summed E-state index contributed by atoms with van der Waals surface area (Å²) < 4.78 is 25.3. The molecule has 0 spiro atoms. The Morgan fingerprint density at radius 3 is 2.33 bits per heavy atom. The van der Waals surface area contributed by atoms with Crippen molar-refractivity contribution < 1.29 is 13.2 Å². The molecular weight excluding hydrogens is 352 g/mol. The quantitative estimate of drug-likeness (QED) is 0.774. The molecule has 0 atom stereocenters. The number of benzene rings is 2. The maximum absolute atomic E-state index is 12.4. The van der Waals surface area contributed by atoms with Crippen LogP contribution in [0.3, 0.4) is 0 Å². The number of hydrogen-bond acceptors (Lipinski definition) is 3. The molecule has 0 aliphatic rings. The van der Waals surface area contributed by atoms with Crippen LogP contribution in [0.2, 0.25) is 0 Å². The molecule has 0 N–H and O–H groups in total. The minimum absolute atomic E-state index is 0.186. The first kappa shape index (κ1) is 15.9. The van der Waals surface area contributed by atoms with Crippen molar-refractivity contribution in [2.75, 3.05) is 5.75 Å². The van der Waals surface area contributed by atoms with Crippen LogP contribution in [0.1, 0.15) is 21.5 Å². The van der Waals surface area contributed by atoms with Crippen molar-refractivity contribution in [2.24, 2.45) is 0 Å². The second-order valence-corrected chi connectivity index (χ2v) is 7.75. The summed E-state index contributed by atoms with van der Waals surface area (Å²) in [5, 5.41) is 0. The third kappa shape index (κ3) is 3.60. The lowest BCUT2D eigenvalue weighted by molar-refractivity contribution is 0.102. The maximum atomic E-state index is 12.4. The van der Waals surface area contributed by atoms with Gasteiger partial charge in [-0.3, -0.25) is 4.79 Å². The van der Waals surface area contributed by atoms with Crippen molar-refractivity contribution in [3.05, 3.63) is 63.6 Å². The van der Waals surface area contributed by atoms with E-state index in [1.165, 1.54) is 0 Å². The first-order valence-electron chi connectivity index (χ1n) is 6.39.